The van der Waals surface area contributed by atoms with Crippen molar-refractivity contribution in [2.45, 2.75) is 13.2 Å². The predicted molar refractivity (Wildman–Crippen MR) is 66.7 cm³/mol. The molecule has 0 aliphatic rings. The van der Waals surface area contributed by atoms with Gasteiger partial charge in [-0.15, -0.1) is 0 Å². The van der Waals surface area contributed by atoms with E-state index in [9.17, 15) is 10.1 Å². The fourth-order valence-corrected chi connectivity index (χ4v) is 1.61. The molecule has 7 nitrogen and oxygen atoms in total. The maximum absolute atomic E-state index is 11.0. The molecule has 0 atom stereocenters. The number of nitro benzene ring substituents is 1. The zero-order valence-corrected chi connectivity index (χ0v) is 10.3. The van der Waals surface area contributed by atoms with Crippen molar-refractivity contribution in [2.24, 2.45) is 0 Å². The third kappa shape index (κ3) is 3.29. The van der Waals surface area contributed by atoms with E-state index in [0.717, 1.165) is 5.56 Å². The van der Waals surface area contributed by atoms with Gasteiger partial charge in [0, 0.05) is 18.7 Å². The first kappa shape index (κ1) is 13.0. The lowest BCUT2D eigenvalue weighted by Crippen LogP contribution is -2.06. The Morgan fingerprint density at radius 3 is 2.95 bits per heavy atom. The third-order valence-electron chi connectivity index (χ3n) is 2.46. The Labute approximate surface area is 109 Å². The minimum absolute atomic E-state index is 0.0627. The number of nitrogens with zero attached hydrogens (tertiary/aromatic N) is 2. The van der Waals surface area contributed by atoms with Crippen molar-refractivity contribution >= 4 is 5.69 Å². The summed E-state index contributed by atoms with van der Waals surface area (Å²) < 4.78 is 10.2. The summed E-state index contributed by atoms with van der Waals surface area (Å²) in [7, 11) is 1.78. The molecular formula is C12H13N3O4. The zero-order chi connectivity index (χ0) is 13.7. The molecule has 0 aliphatic heterocycles. The number of hydrogen-bond acceptors (Lipinski definition) is 6. The summed E-state index contributed by atoms with van der Waals surface area (Å²) in [5, 5.41) is 17.5. The Morgan fingerprint density at radius 2 is 2.32 bits per heavy atom. The van der Waals surface area contributed by atoms with Crippen LogP contribution in [0, 0.1) is 10.1 Å². The van der Waals surface area contributed by atoms with Crippen LogP contribution in [-0.2, 0) is 13.2 Å². The van der Waals surface area contributed by atoms with Gasteiger partial charge in [0.1, 0.15) is 6.61 Å². The number of nitro groups is 1. The van der Waals surface area contributed by atoms with Crippen LogP contribution in [-0.4, -0.2) is 17.1 Å². The fraction of sp³-hybridized carbons (Fsp3) is 0.250. The highest BCUT2D eigenvalue weighted by Gasteiger charge is 2.16. The van der Waals surface area contributed by atoms with Gasteiger partial charge in [0.2, 0.25) is 0 Å². The molecule has 0 saturated heterocycles. The smallest absolute Gasteiger partial charge is 0.311 e. The summed E-state index contributed by atoms with van der Waals surface area (Å²) in [5.74, 6) is 0.717. The van der Waals surface area contributed by atoms with Gasteiger partial charge in [-0.1, -0.05) is 11.2 Å². The van der Waals surface area contributed by atoms with Crippen LogP contribution in [0.5, 0.6) is 5.75 Å². The van der Waals surface area contributed by atoms with Crippen molar-refractivity contribution in [3.63, 3.8) is 0 Å². The van der Waals surface area contributed by atoms with Crippen molar-refractivity contribution in [1.29, 1.82) is 0 Å². The van der Waals surface area contributed by atoms with Gasteiger partial charge in [0.05, 0.1) is 11.1 Å². The van der Waals surface area contributed by atoms with E-state index in [1.165, 1.54) is 12.3 Å². The van der Waals surface area contributed by atoms with E-state index in [1.807, 2.05) is 0 Å². The van der Waals surface area contributed by atoms with Crippen molar-refractivity contribution < 1.29 is 14.2 Å². The van der Waals surface area contributed by atoms with Crippen LogP contribution in [0.15, 0.2) is 35.0 Å². The Bertz CT molecular complexity index is 554. The van der Waals surface area contributed by atoms with Crippen LogP contribution in [0.3, 0.4) is 0 Å². The Hall–Kier alpha value is -2.41. The van der Waals surface area contributed by atoms with E-state index in [2.05, 4.69) is 10.5 Å². The molecule has 2 rings (SSSR count). The number of benzene rings is 1. The van der Waals surface area contributed by atoms with E-state index < -0.39 is 4.92 Å². The lowest BCUT2D eigenvalue weighted by Gasteiger charge is -2.06. The van der Waals surface area contributed by atoms with Crippen LogP contribution in [0.25, 0.3) is 0 Å². The minimum Gasteiger partial charge on any atom is -0.479 e. The van der Waals surface area contributed by atoms with E-state index in [1.54, 1.807) is 25.2 Å². The highest BCUT2D eigenvalue weighted by molar-refractivity contribution is 5.48. The van der Waals surface area contributed by atoms with Crippen LogP contribution in [0.1, 0.15) is 11.3 Å². The molecule has 0 bridgehead atoms. The lowest BCUT2D eigenvalue weighted by molar-refractivity contribution is -0.386. The summed E-state index contributed by atoms with van der Waals surface area (Å²) in [6, 6.07) is 6.49. The maximum Gasteiger partial charge on any atom is 0.311 e. The quantitative estimate of drug-likeness (QED) is 0.632. The normalized spacial score (nSPS) is 10.4. The molecule has 1 heterocycles. The Kier molecular flexibility index (Phi) is 4.09. The molecule has 0 unspecified atom stereocenters. The van der Waals surface area contributed by atoms with E-state index in [0.29, 0.717) is 12.3 Å². The maximum atomic E-state index is 11.0. The average Bonchev–Trinajstić information content (AvgIpc) is 2.90. The highest BCUT2D eigenvalue weighted by atomic mass is 16.6. The van der Waals surface area contributed by atoms with Crippen LogP contribution in [0.2, 0.25) is 0 Å². The summed E-state index contributed by atoms with van der Waals surface area (Å²) >= 11 is 0. The lowest BCUT2D eigenvalue weighted by atomic mass is 10.2. The Morgan fingerprint density at radius 1 is 1.47 bits per heavy atom. The van der Waals surface area contributed by atoms with Gasteiger partial charge in [-0.3, -0.25) is 10.1 Å². The number of ether oxygens (including phenoxy) is 1. The second-order valence-electron chi connectivity index (χ2n) is 3.86. The van der Waals surface area contributed by atoms with Gasteiger partial charge in [-0.25, -0.2) is 0 Å². The molecule has 0 radical (unpaired) electrons. The molecule has 2 aromatic rings. The van der Waals surface area contributed by atoms with Crippen molar-refractivity contribution in [3.8, 4) is 5.75 Å². The van der Waals surface area contributed by atoms with Crippen molar-refractivity contribution in [2.75, 3.05) is 7.05 Å². The molecule has 0 amide bonds. The monoisotopic (exact) mass is 263 g/mol. The van der Waals surface area contributed by atoms with Crippen LogP contribution >= 0.6 is 0 Å². The predicted octanol–water partition coefficient (Wildman–Crippen LogP) is 1.88. The van der Waals surface area contributed by atoms with Crippen LogP contribution < -0.4 is 10.1 Å². The number of hydrogen-bond donors (Lipinski definition) is 1. The van der Waals surface area contributed by atoms with Gasteiger partial charge >= 0.3 is 5.69 Å². The van der Waals surface area contributed by atoms with E-state index in [-0.39, 0.29) is 18.0 Å². The molecular weight excluding hydrogens is 250 g/mol. The van der Waals surface area contributed by atoms with Crippen LogP contribution in [0.4, 0.5) is 5.69 Å². The molecule has 19 heavy (non-hydrogen) atoms. The standard InChI is InChI=1S/C12H13N3O4/c1-13-7-9-2-3-12(11(6-9)15(16)17)18-8-10-4-5-14-19-10/h2-6,13H,7-8H2,1H3. The second kappa shape index (κ2) is 5.96. The molecule has 100 valence electrons. The number of nitrogens with one attached hydrogen (secondary N) is 1. The molecule has 0 aliphatic carbocycles. The fourth-order valence-electron chi connectivity index (χ4n) is 1.61. The molecule has 1 aromatic carbocycles. The average molecular weight is 263 g/mol. The molecule has 7 heteroatoms. The number of rotatable bonds is 6. The molecule has 0 saturated carbocycles. The summed E-state index contributed by atoms with van der Waals surface area (Å²) in [6.07, 6.45) is 1.49. The van der Waals surface area contributed by atoms with E-state index in [4.69, 9.17) is 9.26 Å². The van der Waals surface area contributed by atoms with E-state index >= 15 is 0 Å². The summed E-state index contributed by atoms with van der Waals surface area (Å²) in [4.78, 5) is 10.5. The summed E-state index contributed by atoms with van der Waals surface area (Å²) in [5.41, 5.74) is 0.758. The van der Waals surface area contributed by atoms with Crippen molar-refractivity contribution in [1.82, 2.24) is 10.5 Å². The largest absolute Gasteiger partial charge is 0.479 e. The van der Waals surface area contributed by atoms with Gasteiger partial charge in [-0.05, 0) is 18.7 Å². The second-order valence-corrected chi connectivity index (χ2v) is 3.86. The molecule has 0 fully saturated rings. The minimum atomic E-state index is -0.463. The first-order valence-electron chi connectivity index (χ1n) is 5.65. The zero-order valence-electron chi connectivity index (χ0n) is 10.3. The SMILES string of the molecule is CNCc1ccc(OCc2ccno2)c([N+](=O)[O-])c1. The third-order valence-corrected chi connectivity index (χ3v) is 2.46. The van der Waals surface area contributed by atoms with Crippen molar-refractivity contribution in [3.05, 3.63) is 51.9 Å². The first-order chi connectivity index (χ1) is 9.20. The topological polar surface area (TPSA) is 90.4 Å². The van der Waals surface area contributed by atoms with Gasteiger partial charge < -0.3 is 14.6 Å². The summed E-state index contributed by atoms with van der Waals surface area (Å²) in [6.45, 7) is 0.662. The Balaban J connectivity index is 2.16. The molecule has 0 spiro atoms. The van der Waals surface area contributed by atoms with Gasteiger partial charge in [0.25, 0.3) is 0 Å². The molecule has 1 N–H and O–H groups in total. The van der Waals surface area contributed by atoms with Gasteiger partial charge in [-0.2, -0.15) is 0 Å². The number of aromatic nitrogens is 1. The highest BCUT2D eigenvalue weighted by Crippen LogP contribution is 2.28. The molecule has 1 aromatic heterocycles. The first-order valence-corrected chi connectivity index (χ1v) is 5.65. The van der Waals surface area contributed by atoms with Gasteiger partial charge in [0.15, 0.2) is 11.5 Å².